The SMILES string of the molecule is COc1ccccc1C(=O)Nc1cccc(Nc2nccc(-c3ccc(-n4ccnc4)cc3)n2)c1. The molecule has 0 saturated carbocycles. The monoisotopic (exact) mass is 462 g/mol. The molecule has 0 fully saturated rings. The Morgan fingerprint density at radius 2 is 1.74 bits per heavy atom. The molecule has 2 N–H and O–H groups in total. The molecule has 0 aliphatic heterocycles. The summed E-state index contributed by atoms with van der Waals surface area (Å²) in [7, 11) is 1.54. The van der Waals surface area contributed by atoms with Crippen molar-refractivity contribution in [2.75, 3.05) is 17.7 Å². The summed E-state index contributed by atoms with van der Waals surface area (Å²) in [6.07, 6.45) is 7.11. The number of methoxy groups -OCH3 is 1. The predicted octanol–water partition coefficient (Wildman–Crippen LogP) is 5.33. The molecule has 0 bridgehead atoms. The summed E-state index contributed by atoms with van der Waals surface area (Å²) >= 11 is 0. The molecular weight excluding hydrogens is 440 g/mol. The van der Waals surface area contributed by atoms with Crippen LogP contribution in [0.25, 0.3) is 16.9 Å². The van der Waals surface area contributed by atoms with Crippen LogP contribution in [0.4, 0.5) is 17.3 Å². The third-order valence-corrected chi connectivity index (χ3v) is 5.35. The Morgan fingerprint density at radius 3 is 2.54 bits per heavy atom. The van der Waals surface area contributed by atoms with Crippen molar-refractivity contribution < 1.29 is 9.53 Å². The quantitative estimate of drug-likeness (QED) is 0.339. The van der Waals surface area contributed by atoms with Gasteiger partial charge >= 0.3 is 0 Å². The fourth-order valence-corrected chi connectivity index (χ4v) is 3.63. The largest absolute Gasteiger partial charge is 0.496 e. The van der Waals surface area contributed by atoms with Gasteiger partial charge in [-0.15, -0.1) is 0 Å². The Hall–Kier alpha value is -4.98. The Balaban J connectivity index is 1.31. The number of rotatable bonds is 7. The van der Waals surface area contributed by atoms with Crippen molar-refractivity contribution in [2.45, 2.75) is 0 Å². The van der Waals surface area contributed by atoms with Crippen LogP contribution in [0.5, 0.6) is 5.75 Å². The van der Waals surface area contributed by atoms with Gasteiger partial charge in [-0.25, -0.2) is 15.0 Å². The molecule has 0 aliphatic carbocycles. The minimum atomic E-state index is -0.253. The van der Waals surface area contributed by atoms with Crippen molar-refractivity contribution in [3.63, 3.8) is 0 Å². The molecule has 8 heteroatoms. The molecule has 0 spiro atoms. The third kappa shape index (κ3) is 5.01. The lowest BCUT2D eigenvalue weighted by molar-refractivity contribution is 0.102. The second kappa shape index (κ2) is 9.88. The zero-order chi connectivity index (χ0) is 24.0. The van der Waals surface area contributed by atoms with Crippen LogP contribution < -0.4 is 15.4 Å². The van der Waals surface area contributed by atoms with E-state index in [1.165, 1.54) is 0 Å². The Bertz CT molecular complexity index is 1450. The number of imidazole rings is 1. The number of carbonyl (C=O) groups excluding carboxylic acids is 1. The van der Waals surface area contributed by atoms with Gasteiger partial charge in [-0.3, -0.25) is 4.79 Å². The summed E-state index contributed by atoms with van der Waals surface area (Å²) in [5.41, 5.74) is 4.62. The highest BCUT2D eigenvalue weighted by atomic mass is 16.5. The number of benzene rings is 3. The van der Waals surface area contributed by atoms with E-state index in [4.69, 9.17) is 4.74 Å². The van der Waals surface area contributed by atoms with E-state index in [2.05, 4.69) is 25.6 Å². The second-order valence-corrected chi connectivity index (χ2v) is 7.64. The molecule has 5 aromatic rings. The molecule has 172 valence electrons. The zero-order valence-corrected chi connectivity index (χ0v) is 18.9. The van der Waals surface area contributed by atoms with Gasteiger partial charge in [0.1, 0.15) is 5.75 Å². The molecular formula is C27H22N6O2. The van der Waals surface area contributed by atoms with E-state index < -0.39 is 0 Å². The molecule has 2 aromatic heterocycles. The average molecular weight is 463 g/mol. The lowest BCUT2D eigenvalue weighted by Crippen LogP contribution is -2.13. The van der Waals surface area contributed by atoms with Gasteiger partial charge in [0, 0.05) is 41.2 Å². The van der Waals surface area contributed by atoms with Crippen LogP contribution >= 0.6 is 0 Å². The first-order valence-corrected chi connectivity index (χ1v) is 10.9. The maximum atomic E-state index is 12.7. The molecule has 35 heavy (non-hydrogen) atoms. The number of anilines is 3. The topological polar surface area (TPSA) is 94.0 Å². The van der Waals surface area contributed by atoms with Crippen LogP contribution in [0.1, 0.15) is 10.4 Å². The highest BCUT2D eigenvalue weighted by Crippen LogP contribution is 2.24. The molecule has 0 radical (unpaired) electrons. The summed E-state index contributed by atoms with van der Waals surface area (Å²) in [5, 5.41) is 6.12. The molecule has 8 nitrogen and oxygen atoms in total. The van der Waals surface area contributed by atoms with Crippen LogP contribution in [-0.4, -0.2) is 32.5 Å². The van der Waals surface area contributed by atoms with Gasteiger partial charge in [0.15, 0.2) is 0 Å². The number of aromatic nitrogens is 4. The highest BCUT2D eigenvalue weighted by Gasteiger charge is 2.12. The van der Waals surface area contributed by atoms with Gasteiger partial charge < -0.3 is 19.9 Å². The second-order valence-electron chi connectivity index (χ2n) is 7.64. The molecule has 0 aliphatic rings. The van der Waals surface area contributed by atoms with Crippen molar-refractivity contribution in [3.8, 4) is 22.7 Å². The lowest BCUT2D eigenvalue weighted by Gasteiger charge is -2.11. The van der Waals surface area contributed by atoms with Gasteiger partial charge in [0.05, 0.1) is 24.7 Å². The Kier molecular flexibility index (Phi) is 6.17. The molecule has 0 unspecified atom stereocenters. The summed E-state index contributed by atoms with van der Waals surface area (Å²) in [4.78, 5) is 25.8. The minimum absolute atomic E-state index is 0.253. The third-order valence-electron chi connectivity index (χ3n) is 5.35. The maximum Gasteiger partial charge on any atom is 0.259 e. The first-order valence-electron chi connectivity index (χ1n) is 10.9. The minimum Gasteiger partial charge on any atom is -0.496 e. The Labute approximate surface area is 202 Å². The van der Waals surface area contributed by atoms with Crippen LogP contribution in [0.2, 0.25) is 0 Å². The van der Waals surface area contributed by atoms with Crippen LogP contribution in [-0.2, 0) is 0 Å². The van der Waals surface area contributed by atoms with E-state index >= 15 is 0 Å². The zero-order valence-electron chi connectivity index (χ0n) is 18.9. The van der Waals surface area contributed by atoms with E-state index in [0.717, 1.165) is 22.6 Å². The summed E-state index contributed by atoms with van der Waals surface area (Å²) < 4.78 is 7.23. The summed E-state index contributed by atoms with van der Waals surface area (Å²) in [5.74, 6) is 0.717. The number of ether oxygens (including phenoxy) is 1. The molecule has 1 amide bonds. The van der Waals surface area contributed by atoms with Gasteiger partial charge in [0.2, 0.25) is 5.95 Å². The molecule has 5 rings (SSSR count). The summed E-state index contributed by atoms with van der Waals surface area (Å²) in [6.45, 7) is 0. The van der Waals surface area contributed by atoms with Crippen molar-refractivity contribution >= 4 is 23.2 Å². The highest BCUT2D eigenvalue weighted by molar-refractivity contribution is 6.06. The van der Waals surface area contributed by atoms with Gasteiger partial charge in [-0.1, -0.05) is 30.3 Å². The van der Waals surface area contributed by atoms with E-state index in [-0.39, 0.29) is 5.91 Å². The lowest BCUT2D eigenvalue weighted by atomic mass is 10.1. The molecule has 0 atom stereocenters. The number of carbonyl (C=O) groups is 1. The van der Waals surface area contributed by atoms with Crippen LogP contribution in [0, 0.1) is 0 Å². The molecule has 0 saturated heterocycles. The number of hydrogen-bond acceptors (Lipinski definition) is 6. The van der Waals surface area contributed by atoms with Crippen molar-refractivity contribution in [1.82, 2.24) is 19.5 Å². The molecule has 2 heterocycles. The first kappa shape index (κ1) is 21.8. The van der Waals surface area contributed by atoms with E-state index in [1.807, 2.05) is 71.4 Å². The smallest absolute Gasteiger partial charge is 0.259 e. The van der Waals surface area contributed by atoms with E-state index in [1.54, 1.807) is 44.0 Å². The van der Waals surface area contributed by atoms with Gasteiger partial charge in [0.25, 0.3) is 5.91 Å². The standard InChI is InChI=1S/C27H22N6O2/c1-35-25-8-3-2-7-23(25)26(34)30-20-5-4-6-21(17-20)31-27-29-14-13-24(32-27)19-9-11-22(12-10-19)33-16-15-28-18-33/h2-18H,1H3,(H,30,34)(H,29,31,32). The summed E-state index contributed by atoms with van der Waals surface area (Å²) in [6, 6.07) is 24.4. The normalized spacial score (nSPS) is 10.5. The van der Waals surface area contributed by atoms with Crippen LogP contribution in [0.15, 0.2) is 104 Å². The van der Waals surface area contributed by atoms with Crippen molar-refractivity contribution in [1.29, 1.82) is 0 Å². The number of nitrogens with one attached hydrogen (secondary N) is 2. The van der Waals surface area contributed by atoms with Gasteiger partial charge in [-0.05, 0) is 48.5 Å². The first-order chi connectivity index (χ1) is 17.2. The van der Waals surface area contributed by atoms with Crippen molar-refractivity contribution in [2.24, 2.45) is 0 Å². The number of amides is 1. The van der Waals surface area contributed by atoms with E-state index in [9.17, 15) is 4.79 Å². The number of hydrogen-bond donors (Lipinski definition) is 2. The molecule has 3 aromatic carbocycles. The number of para-hydroxylation sites is 1. The Morgan fingerprint density at radius 1 is 0.914 bits per heavy atom. The van der Waals surface area contributed by atoms with E-state index in [0.29, 0.717) is 22.9 Å². The fourth-order valence-electron chi connectivity index (χ4n) is 3.63. The van der Waals surface area contributed by atoms with Crippen LogP contribution in [0.3, 0.4) is 0 Å². The fraction of sp³-hybridized carbons (Fsp3) is 0.0370. The van der Waals surface area contributed by atoms with Crippen molar-refractivity contribution in [3.05, 3.63) is 109 Å². The number of nitrogens with zero attached hydrogens (tertiary/aromatic N) is 4. The predicted molar refractivity (Wildman–Crippen MR) is 135 cm³/mol. The maximum absolute atomic E-state index is 12.7. The average Bonchev–Trinajstić information content (AvgIpc) is 3.44. The van der Waals surface area contributed by atoms with Gasteiger partial charge in [-0.2, -0.15) is 0 Å².